The van der Waals surface area contributed by atoms with Crippen LogP contribution in [0.25, 0.3) is 0 Å². The number of carboxylic acids is 1. The molecule has 3 atom stereocenters. The first kappa shape index (κ1) is 27.3. The lowest BCUT2D eigenvalue weighted by atomic mass is 9.82. The number of hydrogen-bond acceptors (Lipinski definition) is 5. The number of likely N-dealkylation sites (tertiary alicyclic amines) is 1. The maximum atomic E-state index is 12.5. The number of aromatic nitrogens is 1. The van der Waals surface area contributed by atoms with Gasteiger partial charge in [0.1, 0.15) is 6.04 Å². The first-order chi connectivity index (χ1) is 18.4. The van der Waals surface area contributed by atoms with Gasteiger partial charge in [-0.25, -0.2) is 0 Å². The summed E-state index contributed by atoms with van der Waals surface area (Å²) in [6.07, 6.45) is 10.8. The van der Waals surface area contributed by atoms with Crippen LogP contribution >= 0.6 is 0 Å². The molecule has 1 aromatic carbocycles. The monoisotopic (exact) mass is 520 g/mol. The summed E-state index contributed by atoms with van der Waals surface area (Å²) in [5, 5.41) is 10.3. The van der Waals surface area contributed by atoms with Crippen LogP contribution in [0.1, 0.15) is 99.0 Å². The average Bonchev–Trinajstić information content (AvgIpc) is 3.37. The number of rotatable bonds is 10. The summed E-state index contributed by atoms with van der Waals surface area (Å²) in [5.41, 5.74) is 6.01. The molecule has 6 nitrogen and oxygen atoms in total. The molecule has 1 aliphatic carbocycles. The van der Waals surface area contributed by atoms with Crippen molar-refractivity contribution in [3.63, 3.8) is 0 Å². The van der Waals surface area contributed by atoms with Crippen molar-refractivity contribution in [3.8, 4) is 0 Å². The Morgan fingerprint density at radius 2 is 2.00 bits per heavy atom. The van der Waals surface area contributed by atoms with Crippen molar-refractivity contribution in [2.24, 2.45) is 5.41 Å². The van der Waals surface area contributed by atoms with Crippen LogP contribution in [0.4, 0.5) is 0 Å². The van der Waals surface area contributed by atoms with Crippen molar-refractivity contribution >= 4 is 5.97 Å². The normalized spacial score (nSPS) is 24.2. The van der Waals surface area contributed by atoms with Crippen LogP contribution in [0, 0.1) is 5.41 Å². The van der Waals surface area contributed by atoms with E-state index in [1.807, 2.05) is 18.2 Å². The van der Waals surface area contributed by atoms with E-state index in [1.54, 1.807) is 0 Å². The van der Waals surface area contributed by atoms with Gasteiger partial charge in [0.15, 0.2) is 0 Å². The van der Waals surface area contributed by atoms with Crippen molar-refractivity contribution in [1.29, 1.82) is 0 Å². The molecule has 0 saturated carbocycles. The smallest absolute Gasteiger partial charge is 0.325 e. The Labute approximate surface area is 227 Å². The fraction of sp³-hybridized carbons (Fsp3) is 0.625. The van der Waals surface area contributed by atoms with Crippen molar-refractivity contribution < 1.29 is 19.4 Å². The van der Waals surface area contributed by atoms with Crippen LogP contribution in [0.15, 0.2) is 36.4 Å². The van der Waals surface area contributed by atoms with E-state index >= 15 is 0 Å². The lowest BCUT2D eigenvalue weighted by molar-refractivity contribution is -0.143. The molecule has 206 valence electrons. The molecular weight excluding hydrogens is 476 g/mol. The summed E-state index contributed by atoms with van der Waals surface area (Å²) >= 11 is 0. The number of hydrogen-bond donors (Lipinski definition) is 1. The molecule has 6 heteroatoms. The topological polar surface area (TPSA) is 71.9 Å². The average molecular weight is 521 g/mol. The molecule has 2 aliphatic heterocycles. The number of pyridine rings is 1. The lowest BCUT2D eigenvalue weighted by Gasteiger charge is -2.36. The van der Waals surface area contributed by atoms with E-state index in [1.165, 1.54) is 36.2 Å². The van der Waals surface area contributed by atoms with E-state index in [2.05, 4.69) is 36.9 Å². The molecular formula is C32H44N2O4. The Hall–Kier alpha value is -2.28. The molecule has 5 rings (SSSR count). The van der Waals surface area contributed by atoms with Crippen LogP contribution in [-0.2, 0) is 33.5 Å². The molecule has 0 spiro atoms. The quantitative estimate of drug-likeness (QED) is 0.383. The fourth-order valence-electron chi connectivity index (χ4n) is 6.34. The van der Waals surface area contributed by atoms with Crippen molar-refractivity contribution in [1.82, 2.24) is 9.88 Å². The highest BCUT2D eigenvalue weighted by Crippen LogP contribution is 2.40. The second kappa shape index (κ2) is 12.3. The Kier molecular flexibility index (Phi) is 8.81. The minimum absolute atomic E-state index is 0.0414. The molecule has 1 unspecified atom stereocenters. The van der Waals surface area contributed by atoms with E-state index in [4.69, 9.17) is 14.5 Å². The van der Waals surface area contributed by atoms with E-state index in [9.17, 15) is 9.90 Å². The molecule has 2 saturated heterocycles. The summed E-state index contributed by atoms with van der Waals surface area (Å²) in [5.74, 6) is -0.799. The van der Waals surface area contributed by atoms with Crippen LogP contribution in [0.3, 0.4) is 0 Å². The van der Waals surface area contributed by atoms with Crippen LogP contribution in [0.2, 0.25) is 0 Å². The molecule has 38 heavy (non-hydrogen) atoms. The van der Waals surface area contributed by atoms with Crippen LogP contribution in [-0.4, -0.2) is 53.4 Å². The number of nitrogens with zero attached hydrogens (tertiary/aromatic N) is 2. The van der Waals surface area contributed by atoms with Crippen molar-refractivity contribution in [3.05, 3.63) is 64.5 Å². The fourth-order valence-corrected chi connectivity index (χ4v) is 6.34. The van der Waals surface area contributed by atoms with Gasteiger partial charge in [-0.15, -0.1) is 0 Å². The number of fused-ring (bicyclic) bond motifs is 1. The van der Waals surface area contributed by atoms with Gasteiger partial charge in [0, 0.05) is 31.1 Å². The third-order valence-electron chi connectivity index (χ3n) is 8.59. The molecule has 0 bridgehead atoms. The summed E-state index contributed by atoms with van der Waals surface area (Å²) in [6, 6.07) is 11.8. The van der Waals surface area contributed by atoms with Gasteiger partial charge < -0.3 is 14.6 Å². The zero-order chi connectivity index (χ0) is 26.5. The van der Waals surface area contributed by atoms with Gasteiger partial charge >= 0.3 is 5.97 Å². The molecule has 0 amide bonds. The highest BCUT2D eigenvalue weighted by Gasteiger charge is 2.37. The number of benzene rings is 1. The zero-order valence-electron chi connectivity index (χ0n) is 23.2. The molecule has 1 N–H and O–H groups in total. The first-order valence-corrected chi connectivity index (χ1v) is 14.7. The third kappa shape index (κ3) is 6.64. The van der Waals surface area contributed by atoms with Gasteiger partial charge in [-0.1, -0.05) is 44.2 Å². The number of carbonyl (C=O) groups is 1. The van der Waals surface area contributed by atoms with Gasteiger partial charge in [-0.3, -0.25) is 14.7 Å². The van der Waals surface area contributed by atoms with E-state index in [0.717, 1.165) is 62.6 Å². The minimum Gasteiger partial charge on any atom is -0.480 e. The number of unbranched alkanes of at least 4 members (excludes halogenated alkanes) is 1. The lowest BCUT2D eigenvalue weighted by Crippen LogP contribution is -2.35. The predicted molar refractivity (Wildman–Crippen MR) is 148 cm³/mol. The zero-order valence-corrected chi connectivity index (χ0v) is 23.2. The number of carboxylic acid groups (broad SMARTS) is 1. The predicted octanol–water partition coefficient (Wildman–Crippen LogP) is 6.08. The van der Waals surface area contributed by atoms with Crippen molar-refractivity contribution in [2.75, 3.05) is 26.3 Å². The Bertz CT molecular complexity index is 1090. The molecule has 2 fully saturated rings. The van der Waals surface area contributed by atoms with E-state index in [0.29, 0.717) is 19.8 Å². The largest absolute Gasteiger partial charge is 0.480 e. The van der Waals surface area contributed by atoms with Crippen molar-refractivity contribution in [2.45, 2.75) is 96.3 Å². The Morgan fingerprint density at radius 3 is 2.82 bits per heavy atom. The summed E-state index contributed by atoms with van der Waals surface area (Å²) in [6.45, 7) is 7.24. The SMILES string of the molecule is CC1(C)CCC(c2ccccc2[C@@H](C(=O)O)N2CC[C@@H](OCCCCc3ccc4c(n3)CCCC4)C2)OC1. The molecule has 1 aromatic heterocycles. The Balaban J connectivity index is 1.12. The second-order valence-electron chi connectivity index (χ2n) is 12.2. The minimum atomic E-state index is -0.799. The Morgan fingerprint density at radius 1 is 1.16 bits per heavy atom. The van der Waals surface area contributed by atoms with Crippen LogP contribution < -0.4 is 0 Å². The molecule has 3 aliphatic rings. The van der Waals surface area contributed by atoms with E-state index < -0.39 is 12.0 Å². The summed E-state index contributed by atoms with van der Waals surface area (Å²) in [4.78, 5) is 19.5. The second-order valence-corrected chi connectivity index (χ2v) is 12.2. The highest BCUT2D eigenvalue weighted by atomic mass is 16.5. The van der Waals surface area contributed by atoms with E-state index in [-0.39, 0.29) is 17.6 Å². The third-order valence-corrected chi connectivity index (χ3v) is 8.59. The van der Waals surface area contributed by atoms with Gasteiger partial charge in [-0.2, -0.15) is 0 Å². The number of aliphatic carboxylic acids is 1. The van der Waals surface area contributed by atoms with Gasteiger partial charge in [0.05, 0.1) is 18.8 Å². The first-order valence-electron chi connectivity index (χ1n) is 14.7. The number of ether oxygens (including phenoxy) is 2. The number of aryl methyl sites for hydroxylation is 3. The highest BCUT2D eigenvalue weighted by molar-refractivity contribution is 5.76. The standard InChI is InChI=1S/C32H44N2O4/c1-32(2)18-16-29(38-22-32)26-11-4-5-12-27(26)30(31(35)36)34-19-17-25(21-34)37-20-8-7-10-24-15-14-23-9-3-6-13-28(23)33-24/h4-5,11-12,14-15,25,29-30H,3,6-10,13,16-22H2,1-2H3,(H,35,36)/t25-,29?,30+/m1/s1. The van der Waals surface area contributed by atoms with Crippen LogP contribution in [0.5, 0.6) is 0 Å². The molecule has 2 aromatic rings. The maximum absolute atomic E-state index is 12.5. The summed E-state index contributed by atoms with van der Waals surface area (Å²) < 4.78 is 12.4. The van der Waals surface area contributed by atoms with Gasteiger partial charge in [0.2, 0.25) is 0 Å². The van der Waals surface area contributed by atoms with Gasteiger partial charge in [-0.05, 0) is 92.4 Å². The molecule has 0 radical (unpaired) electrons. The molecule has 3 heterocycles. The maximum Gasteiger partial charge on any atom is 0.325 e. The van der Waals surface area contributed by atoms with Gasteiger partial charge in [0.25, 0.3) is 0 Å². The summed E-state index contributed by atoms with van der Waals surface area (Å²) in [7, 11) is 0.